The van der Waals surface area contributed by atoms with Crippen molar-refractivity contribution in [2.45, 2.75) is 0 Å². The molecule has 0 saturated carbocycles. The number of nitrogens with zero attached hydrogens (tertiary/aromatic N) is 8. The highest BCUT2D eigenvalue weighted by Gasteiger charge is 2.22. The van der Waals surface area contributed by atoms with Crippen LogP contribution in [-0.2, 0) is 0 Å². The van der Waals surface area contributed by atoms with Crippen LogP contribution in [0.3, 0.4) is 0 Å². The van der Waals surface area contributed by atoms with E-state index in [0.717, 1.165) is 99.5 Å². The van der Waals surface area contributed by atoms with Crippen LogP contribution in [0.25, 0.3) is 117 Å². The van der Waals surface area contributed by atoms with E-state index in [0.29, 0.717) is 39.7 Å². The average molecular weight is 893 g/mol. The molecule has 0 aliphatic carbocycles. The summed E-state index contributed by atoms with van der Waals surface area (Å²) in [5.41, 5.74) is 13.1. The highest BCUT2D eigenvalue weighted by Crippen LogP contribution is 2.42. The van der Waals surface area contributed by atoms with Gasteiger partial charge in [0.05, 0.1) is 63.3 Å². The molecule has 0 radical (unpaired) electrons. The standard InChI is InChI=1S/C61H32N8O/c62-33-37-23-38(34-63)26-47(25-37)44-17-20-54-51(29-44)52-30-45(48-27-39(35-64)24-40(28-48)36-65)18-21-55(52)69(54)56-22-16-43(46-15-19-50-49-13-7-8-14-57(49)70-58(50)32-46)31-53(56)61-67-59(41-9-3-1-4-10-41)66-60(68-61)42-11-5-2-6-12-42/h1-32H. The van der Waals surface area contributed by atoms with E-state index in [4.69, 9.17) is 19.4 Å². The second-order valence-corrected chi connectivity index (χ2v) is 16.9. The van der Waals surface area contributed by atoms with Gasteiger partial charge in [0.25, 0.3) is 0 Å². The van der Waals surface area contributed by atoms with Crippen LogP contribution in [0.2, 0.25) is 0 Å². The summed E-state index contributed by atoms with van der Waals surface area (Å²) in [7, 11) is 0. The molecule has 0 saturated heterocycles. The van der Waals surface area contributed by atoms with Crippen molar-refractivity contribution in [1.82, 2.24) is 19.5 Å². The van der Waals surface area contributed by atoms with Crippen molar-refractivity contribution in [2.24, 2.45) is 0 Å². The van der Waals surface area contributed by atoms with E-state index in [1.807, 2.05) is 91.0 Å². The maximum absolute atomic E-state index is 9.92. The third kappa shape index (κ3) is 7.14. The average Bonchev–Trinajstić information content (AvgIpc) is 3.97. The molecule has 0 unspecified atom stereocenters. The first-order valence-corrected chi connectivity index (χ1v) is 22.4. The lowest BCUT2D eigenvalue weighted by atomic mass is 9.97. The van der Waals surface area contributed by atoms with Gasteiger partial charge in [-0.3, -0.25) is 0 Å². The summed E-state index contributed by atoms with van der Waals surface area (Å²) in [5.74, 6) is 1.51. The minimum atomic E-state index is 0.385. The summed E-state index contributed by atoms with van der Waals surface area (Å²) < 4.78 is 8.59. The van der Waals surface area contributed by atoms with Gasteiger partial charge in [-0.2, -0.15) is 21.0 Å². The maximum atomic E-state index is 9.92. The molecule has 0 spiro atoms. The molecule has 9 nitrogen and oxygen atoms in total. The number of hydrogen-bond acceptors (Lipinski definition) is 8. The summed E-state index contributed by atoms with van der Waals surface area (Å²) >= 11 is 0. The summed E-state index contributed by atoms with van der Waals surface area (Å²) in [6.45, 7) is 0. The first-order chi connectivity index (χ1) is 34.4. The van der Waals surface area contributed by atoms with Crippen LogP contribution in [0.15, 0.2) is 199 Å². The Labute approximate surface area is 400 Å². The molecule has 70 heavy (non-hydrogen) atoms. The zero-order chi connectivity index (χ0) is 47.3. The fourth-order valence-corrected chi connectivity index (χ4v) is 9.41. The number of fused-ring (bicyclic) bond motifs is 6. The van der Waals surface area contributed by atoms with E-state index in [-0.39, 0.29) is 0 Å². The molecule has 12 rings (SSSR count). The number of rotatable bonds is 7. The third-order valence-electron chi connectivity index (χ3n) is 12.7. The number of para-hydroxylation sites is 1. The Balaban J connectivity index is 1.15. The Morgan fingerprint density at radius 1 is 0.329 bits per heavy atom. The van der Waals surface area contributed by atoms with Gasteiger partial charge in [0.15, 0.2) is 17.5 Å². The molecule has 0 fully saturated rings. The van der Waals surface area contributed by atoms with Crippen LogP contribution < -0.4 is 0 Å². The van der Waals surface area contributed by atoms with Crippen LogP contribution >= 0.6 is 0 Å². The van der Waals surface area contributed by atoms with E-state index in [2.05, 4.69) is 95.6 Å². The van der Waals surface area contributed by atoms with E-state index in [1.165, 1.54) is 0 Å². The Morgan fingerprint density at radius 3 is 1.31 bits per heavy atom. The Morgan fingerprint density at radius 2 is 0.771 bits per heavy atom. The van der Waals surface area contributed by atoms with E-state index in [1.54, 1.807) is 36.4 Å². The smallest absolute Gasteiger partial charge is 0.166 e. The van der Waals surface area contributed by atoms with Crippen LogP contribution in [0.1, 0.15) is 22.3 Å². The van der Waals surface area contributed by atoms with E-state index in [9.17, 15) is 21.0 Å². The monoisotopic (exact) mass is 892 g/mol. The molecule has 0 aliphatic rings. The predicted molar refractivity (Wildman–Crippen MR) is 273 cm³/mol. The molecular formula is C61H32N8O. The van der Waals surface area contributed by atoms with Gasteiger partial charge < -0.3 is 8.98 Å². The zero-order valence-corrected chi connectivity index (χ0v) is 37.0. The van der Waals surface area contributed by atoms with Gasteiger partial charge in [0.1, 0.15) is 11.2 Å². The number of furan rings is 1. The lowest BCUT2D eigenvalue weighted by Crippen LogP contribution is -2.04. The first-order valence-electron chi connectivity index (χ1n) is 22.4. The number of hydrogen-bond donors (Lipinski definition) is 0. The summed E-state index contributed by atoms with van der Waals surface area (Å²) in [6, 6.07) is 71.9. The van der Waals surface area contributed by atoms with Crippen LogP contribution in [0.5, 0.6) is 0 Å². The largest absolute Gasteiger partial charge is 0.456 e. The van der Waals surface area contributed by atoms with Crippen molar-refractivity contribution in [2.75, 3.05) is 0 Å². The molecule has 0 atom stereocenters. The molecule has 9 aromatic carbocycles. The first kappa shape index (κ1) is 41.0. The molecule has 0 aliphatic heterocycles. The van der Waals surface area contributed by atoms with Gasteiger partial charge in [0, 0.05) is 38.2 Å². The molecule has 0 bridgehead atoms. The normalized spacial score (nSPS) is 11.1. The molecule has 0 amide bonds. The van der Waals surface area contributed by atoms with Crippen molar-refractivity contribution in [1.29, 1.82) is 21.0 Å². The molecule has 3 aromatic heterocycles. The minimum Gasteiger partial charge on any atom is -0.456 e. The Bertz CT molecular complexity index is 4040. The second-order valence-electron chi connectivity index (χ2n) is 16.9. The fraction of sp³-hybridized carbons (Fsp3) is 0. The molecule has 0 N–H and O–H groups in total. The molecular weight excluding hydrogens is 861 g/mol. The predicted octanol–water partition coefficient (Wildman–Crippen LogP) is 14.4. The lowest BCUT2D eigenvalue weighted by molar-refractivity contribution is 0.669. The van der Waals surface area contributed by atoms with Crippen LogP contribution in [0.4, 0.5) is 0 Å². The van der Waals surface area contributed by atoms with Crippen molar-refractivity contribution in [3.05, 3.63) is 216 Å². The lowest BCUT2D eigenvalue weighted by Gasteiger charge is -2.16. The van der Waals surface area contributed by atoms with Crippen molar-refractivity contribution >= 4 is 43.7 Å². The minimum absolute atomic E-state index is 0.385. The molecule has 3 heterocycles. The van der Waals surface area contributed by atoms with Crippen molar-refractivity contribution < 1.29 is 4.42 Å². The summed E-state index contributed by atoms with van der Waals surface area (Å²) in [5, 5.41) is 43.5. The SMILES string of the molecule is N#Cc1cc(C#N)cc(-c2ccc3c(c2)c2cc(-c4cc(C#N)cc(C#N)c4)ccc2n3-c2ccc(-c3ccc4c(c3)oc3ccccc34)cc2-c2nc(-c3ccccc3)nc(-c3ccccc3)n2)c1. The topological polar surface area (TPSA) is 152 Å². The Kier molecular flexibility index (Phi) is 9.82. The third-order valence-corrected chi connectivity index (χ3v) is 12.7. The quantitative estimate of drug-likeness (QED) is 0.153. The van der Waals surface area contributed by atoms with Gasteiger partial charge in [-0.15, -0.1) is 0 Å². The van der Waals surface area contributed by atoms with Crippen molar-refractivity contribution in [3.8, 4) is 97.5 Å². The van der Waals surface area contributed by atoms with Gasteiger partial charge in [0.2, 0.25) is 0 Å². The van der Waals surface area contributed by atoms with Gasteiger partial charge in [-0.1, -0.05) is 103 Å². The highest BCUT2D eigenvalue weighted by atomic mass is 16.3. The van der Waals surface area contributed by atoms with Crippen LogP contribution in [0, 0.1) is 45.3 Å². The molecule has 12 aromatic rings. The molecule has 322 valence electrons. The van der Waals surface area contributed by atoms with E-state index >= 15 is 0 Å². The summed E-state index contributed by atoms with van der Waals surface area (Å²) in [6.07, 6.45) is 0. The molecule has 9 heteroatoms. The summed E-state index contributed by atoms with van der Waals surface area (Å²) in [4.78, 5) is 15.5. The zero-order valence-electron chi connectivity index (χ0n) is 37.0. The van der Waals surface area contributed by atoms with E-state index < -0.39 is 0 Å². The second kappa shape index (κ2) is 16.8. The number of benzene rings is 9. The van der Waals surface area contributed by atoms with Gasteiger partial charge >= 0.3 is 0 Å². The van der Waals surface area contributed by atoms with Gasteiger partial charge in [-0.05, 0) is 124 Å². The maximum Gasteiger partial charge on any atom is 0.166 e. The van der Waals surface area contributed by atoms with Crippen molar-refractivity contribution in [3.63, 3.8) is 0 Å². The van der Waals surface area contributed by atoms with Crippen LogP contribution in [-0.4, -0.2) is 19.5 Å². The highest BCUT2D eigenvalue weighted by molar-refractivity contribution is 6.12. The van der Waals surface area contributed by atoms with Gasteiger partial charge in [-0.25, -0.2) is 15.0 Å². The number of nitriles is 4. The Hall–Kier alpha value is -10.5. The fourth-order valence-electron chi connectivity index (χ4n) is 9.41. The number of aromatic nitrogens is 4.